The number of amides is 1. The molecule has 0 radical (unpaired) electrons. The number of primary sulfonamides is 1. The molecule has 1 saturated heterocycles. The summed E-state index contributed by atoms with van der Waals surface area (Å²) in [4.78, 5) is 12.3. The van der Waals surface area contributed by atoms with Crippen LogP contribution in [0.15, 0.2) is 23.1 Å². The predicted octanol–water partition coefficient (Wildman–Crippen LogP) is 0.250. The van der Waals surface area contributed by atoms with Gasteiger partial charge in [-0.15, -0.1) is 0 Å². The summed E-state index contributed by atoms with van der Waals surface area (Å²) < 4.78 is 33.5. The van der Waals surface area contributed by atoms with E-state index in [1.807, 2.05) is 0 Å². The molecule has 120 valence electrons. The van der Waals surface area contributed by atoms with E-state index in [4.69, 9.17) is 14.6 Å². The molecular weight excluding hydrogens is 308 g/mol. The van der Waals surface area contributed by atoms with Gasteiger partial charge in [0.2, 0.25) is 10.0 Å². The summed E-state index contributed by atoms with van der Waals surface area (Å²) in [6.07, 6.45) is 1.96. The number of nitrogens with one attached hydrogen (secondary N) is 1. The third-order valence-electron chi connectivity index (χ3n) is 4.32. The fraction of sp³-hybridized carbons (Fsp3) is 0.500. The Morgan fingerprint density at radius 3 is 2.86 bits per heavy atom. The molecule has 3 rings (SSSR count). The van der Waals surface area contributed by atoms with E-state index in [0.717, 1.165) is 19.4 Å². The van der Waals surface area contributed by atoms with Gasteiger partial charge in [-0.05, 0) is 31.0 Å². The number of sulfonamides is 1. The van der Waals surface area contributed by atoms with Crippen LogP contribution in [-0.4, -0.2) is 40.2 Å². The van der Waals surface area contributed by atoms with Gasteiger partial charge in [-0.25, -0.2) is 13.6 Å². The van der Waals surface area contributed by atoms with Crippen LogP contribution in [0.1, 0.15) is 23.2 Å². The van der Waals surface area contributed by atoms with Crippen LogP contribution in [0.5, 0.6) is 5.75 Å². The molecule has 0 unspecified atom stereocenters. The van der Waals surface area contributed by atoms with Gasteiger partial charge in [-0.3, -0.25) is 4.79 Å². The smallest absolute Gasteiger partial charge is 0.255 e. The highest BCUT2D eigenvalue weighted by Crippen LogP contribution is 2.38. The molecule has 1 amide bonds. The number of nitrogens with two attached hydrogens (primary N) is 1. The number of fused-ring (bicyclic) bond motifs is 1. The van der Waals surface area contributed by atoms with Crippen LogP contribution in [0.4, 0.5) is 0 Å². The van der Waals surface area contributed by atoms with Crippen molar-refractivity contribution >= 4 is 15.9 Å². The summed E-state index contributed by atoms with van der Waals surface area (Å²) in [5.41, 5.74) is 0.163. The molecule has 7 nitrogen and oxygen atoms in total. The van der Waals surface area contributed by atoms with Crippen molar-refractivity contribution in [3.8, 4) is 5.75 Å². The molecule has 2 aliphatic rings. The van der Waals surface area contributed by atoms with Crippen LogP contribution in [-0.2, 0) is 14.8 Å². The monoisotopic (exact) mass is 326 g/mol. The first kappa shape index (κ1) is 15.3. The molecule has 1 heterocycles. The lowest BCUT2D eigenvalue weighted by molar-refractivity contribution is 0.00806. The minimum Gasteiger partial charge on any atom is -0.496 e. The summed E-state index contributed by atoms with van der Waals surface area (Å²) in [5, 5.41) is 8.03. The Balaban J connectivity index is 1.81. The maximum atomic E-state index is 12.4. The molecule has 1 aromatic carbocycles. The Bertz CT molecular complexity index is 703. The first-order chi connectivity index (χ1) is 10.4. The van der Waals surface area contributed by atoms with Crippen molar-refractivity contribution in [1.29, 1.82) is 0 Å². The highest BCUT2D eigenvalue weighted by atomic mass is 32.2. The lowest BCUT2D eigenvalue weighted by atomic mass is 9.76. The zero-order valence-electron chi connectivity index (χ0n) is 12.1. The maximum absolute atomic E-state index is 12.4. The number of rotatable bonds is 4. The number of benzene rings is 1. The van der Waals surface area contributed by atoms with Crippen LogP contribution < -0.4 is 15.2 Å². The molecule has 8 heteroatoms. The van der Waals surface area contributed by atoms with Crippen molar-refractivity contribution < 1.29 is 22.7 Å². The van der Waals surface area contributed by atoms with Crippen LogP contribution >= 0.6 is 0 Å². The fourth-order valence-electron chi connectivity index (χ4n) is 3.05. The van der Waals surface area contributed by atoms with Crippen LogP contribution in [0.3, 0.4) is 0 Å². The Hall–Kier alpha value is -1.64. The largest absolute Gasteiger partial charge is 0.496 e. The quantitative estimate of drug-likeness (QED) is 0.824. The van der Waals surface area contributed by atoms with Crippen molar-refractivity contribution in [1.82, 2.24) is 5.32 Å². The molecule has 0 bridgehead atoms. The Labute approximate surface area is 128 Å². The van der Waals surface area contributed by atoms with Crippen LogP contribution in [0.2, 0.25) is 0 Å². The Morgan fingerprint density at radius 2 is 2.23 bits per heavy atom. The van der Waals surface area contributed by atoms with Crippen LogP contribution in [0, 0.1) is 5.92 Å². The zero-order valence-corrected chi connectivity index (χ0v) is 12.9. The minimum atomic E-state index is -3.87. The van der Waals surface area contributed by atoms with Gasteiger partial charge in [0.05, 0.1) is 23.7 Å². The molecule has 0 spiro atoms. The lowest BCUT2D eigenvalue weighted by Gasteiger charge is -2.39. The van der Waals surface area contributed by atoms with E-state index in [1.165, 1.54) is 25.3 Å². The highest BCUT2D eigenvalue weighted by Gasteiger charge is 2.45. The first-order valence-corrected chi connectivity index (χ1v) is 8.58. The van der Waals surface area contributed by atoms with Gasteiger partial charge in [0.15, 0.2) is 0 Å². The number of ether oxygens (including phenoxy) is 2. The van der Waals surface area contributed by atoms with Crippen molar-refractivity contribution in [2.24, 2.45) is 11.1 Å². The SMILES string of the molecule is COc1ccc(S(N)(=O)=O)cc1C(=O)N[C@@H]1C[C@H]2OCC[C@@H]12. The van der Waals surface area contributed by atoms with Gasteiger partial charge in [0, 0.05) is 18.6 Å². The molecule has 3 N–H and O–H groups in total. The van der Waals surface area contributed by atoms with E-state index < -0.39 is 10.0 Å². The van der Waals surface area contributed by atoms with Gasteiger partial charge in [0.1, 0.15) is 5.75 Å². The van der Waals surface area contributed by atoms with Crippen molar-refractivity contribution in [2.75, 3.05) is 13.7 Å². The highest BCUT2D eigenvalue weighted by molar-refractivity contribution is 7.89. The molecule has 1 aliphatic heterocycles. The molecule has 1 aromatic rings. The van der Waals surface area contributed by atoms with Gasteiger partial charge < -0.3 is 14.8 Å². The Kier molecular flexibility index (Phi) is 3.84. The van der Waals surface area contributed by atoms with E-state index in [0.29, 0.717) is 11.7 Å². The van der Waals surface area contributed by atoms with Gasteiger partial charge >= 0.3 is 0 Å². The zero-order chi connectivity index (χ0) is 15.9. The average Bonchev–Trinajstić information content (AvgIpc) is 2.84. The summed E-state index contributed by atoms with van der Waals surface area (Å²) in [6, 6.07) is 4.04. The molecule has 3 atom stereocenters. The lowest BCUT2D eigenvalue weighted by Crippen LogP contribution is -2.53. The minimum absolute atomic E-state index is 0.0582. The second kappa shape index (κ2) is 5.53. The summed E-state index contributed by atoms with van der Waals surface area (Å²) in [7, 11) is -2.45. The fourth-order valence-corrected chi connectivity index (χ4v) is 3.59. The first-order valence-electron chi connectivity index (χ1n) is 7.03. The third-order valence-corrected chi connectivity index (χ3v) is 5.24. The number of methoxy groups -OCH3 is 1. The molecule has 1 aliphatic carbocycles. The van der Waals surface area contributed by atoms with E-state index in [-0.39, 0.29) is 28.5 Å². The topological polar surface area (TPSA) is 108 Å². The standard InChI is InChI=1S/C14H18N2O5S/c1-20-12-3-2-8(22(15,18)19)6-10(12)14(17)16-11-7-13-9(11)4-5-21-13/h2-3,6,9,11,13H,4-5,7H2,1H3,(H,16,17)(H2,15,18,19)/t9-,11+,13+/m0/s1. The van der Waals surface area contributed by atoms with E-state index in [2.05, 4.69) is 5.32 Å². The molecular formula is C14H18N2O5S. The second-order valence-corrected chi connectivity index (χ2v) is 7.15. The molecule has 1 saturated carbocycles. The predicted molar refractivity (Wildman–Crippen MR) is 78.1 cm³/mol. The van der Waals surface area contributed by atoms with Gasteiger partial charge in [-0.2, -0.15) is 0 Å². The third kappa shape index (κ3) is 2.69. The van der Waals surface area contributed by atoms with Crippen molar-refractivity contribution in [3.05, 3.63) is 23.8 Å². The molecule has 0 aromatic heterocycles. The molecule has 22 heavy (non-hydrogen) atoms. The van der Waals surface area contributed by atoms with Crippen LogP contribution in [0.25, 0.3) is 0 Å². The van der Waals surface area contributed by atoms with Crippen molar-refractivity contribution in [2.45, 2.75) is 29.9 Å². The second-order valence-electron chi connectivity index (χ2n) is 5.58. The van der Waals surface area contributed by atoms with Gasteiger partial charge in [0.25, 0.3) is 5.91 Å². The number of carbonyl (C=O) groups is 1. The average molecular weight is 326 g/mol. The number of hydrogen-bond donors (Lipinski definition) is 2. The number of hydrogen-bond acceptors (Lipinski definition) is 5. The normalized spacial score (nSPS) is 26.9. The summed E-state index contributed by atoms with van der Waals surface area (Å²) in [5.74, 6) is 0.289. The van der Waals surface area contributed by atoms with E-state index in [9.17, 15) is 13.2 Å². The maximum Gasteiger partial charge on any atom is 0.255 e. The van der Waals surface area contributed by atoms with Crippen molar-refractivity contribution in [3.63, 3.8) is 0 Å². The van der Waals surface area contributed by atoms with Gasteiger partial charge in [-0.1, -0.05) is 0 Å². The summed E-state index contributed by atoms with van der Waals surface area (Å²) in [6.45, 7) is 0.728. The number of carbonyl (C=O) groups excluding carboxylic acids is 1. The molecule has 2 fully saturated rings. The van der Waals surface area contributed by atoms with E-state index >= 15 is 0 Å². The van der Waals surface area contributed by atoms with E-state index in [1.54, 1.807) is 0 Å². The Morgan fingerprint density at radius 1 is 1.45 bits per heavy atom. The summed E-state index contributed by atoms with van der Waals surface area (Å²) >= 11 is 0.